The Kier molecular flexibility index (Phi) is 4.16. The molecule has 20 heavy (non-hydrogen) atoms. The number of hydrogen-bond acceptors (Lipinski definition) is 4. The van der Waals surface area contributed by atoms with Crippen LogP contribution >= 0.6 is 0 Å². The number of rotatable bonds is 3. The Morgan fingerprint density at radius 3 is 2.90 bits per heavy atom. The molecule has 0 aliphatic heterocycles. The highest BCUT2D eigenvalue weighted by Gasteiger charge is 2.23. The van der Waals surface area contributed by atoms with Crippen LogP contribution in [0.1, 0.15) is 43.0 Å². The summed E-state index contributed by atoms with van der Waals surface area (Å²) in [6, 6.07) is 1.05. The van der Waals surface area contributed by atoms with Crippen LogP contribution in [-0.2, 0) is 0 Å². The van der Waals surface area contributed by atoms with E-state index in [-0.39, 0.29) is 17.3 Å². The van der Waals surface area contributed by atoms with Crippen LogP contribution in [0.4, 0.5) is 5.69 Å². The van der Waals surface area contributed by atoms with Crippen LogP contribution in [-0.4, -0.2) is 21.9 Å². The van der Waals surface area contributed by atoms with Gasteiger partial charge in [-0.2, -0.15) is 0 Å². The van der Waals surface area contributed by atoms with Gasteiger partial charge in [0.05, 0.1) is 11.1 Å². The lowest BCUT2D eigenvalue weighted by molar-refractivity contribution is -0.385. The van der Waals surface area contributed by atoms with Crippen molar-refractivity contribution in [3.8, 4) is 0 Å². The molecule has 2 N–H and O–H groups in total. The molecular weight excluding hydrogens is 262 g/mol. The first-order valence-electron chi connectivity index (χ1n) is 6.65. The number of carbonyl (C=O) groups is 1. The molecule has 0 spiro atoms. The molecule has 1 aromatic rings. The molecule has 108 valence electrons. The number of H-pyrrole nitrogens is 1. The van der Waals surface area contributed by atoms with Gasteiger partial charge in [0, 0.05) is 12.1 Å². The van der Waals surface area contributed by atoms with Gasteiger partial charge in [-0.05, 0) is 18.8 Å². The number of aromatic nitrogens is 1. The van der Waals surface area contributed by atoms with E-state index < -0.39 is 16.4 Å². The third kappa shape index (κ3) is 3.23. The van der Waals surface area contributed by atoms with Gasteiger partial charge in [0.25, 0.3) is 17.2 Å². The van der Waals surface area contributed by atoms with Gasteiger partial charge in [-0.3, -0.25) is 19.7 Å². The fourth-order valence-electron chi connectivity index (χ4n) is 2.57. The van der Waals surface area contributed by atoms with Crippen molar-refractivity contribution in [3.63, 3.8) is 0 Å². The van der Waals surface area contributed by atoms with E-state index in [1.54, 1.807) is 0 Å². The van der Waals surface area contributed by atoms with E-state index in [4.69, 9.17) is 0 Å². The number of nitrogens with zero attached hydrogens (tertiary/aromatic N) is 1. The van der Waals surface area contributed by atoms with Crippen molar-refractivity contribution in [2.24, 2.45) is 5.92 Å². The largest absolute Gasteiger partial charge is 0.349 e. The van der Waals surface area contributed by atoms with Gasteiger partial charge in [-0.25, -0.2) is 0 Å². The van der Waals surface area contributed by atoms with Crippen LogP contribution in [0.3, 0.4) is 0 Å². The molecule has 1 saturated carbocycles. The van der Waals surface area contributed by atoms with Crippen LogP contribution in [0.25, 0.3) is 0 Å². The molecule has 0 unspecified atom stereocenters. The zero-order valence-electron chi connectivity index (χ0n) is 11.2. The number of carbonyl (C=O) groups excluding carboxylic acids is 1. The lowest BCUT2D eigenvalue weighted by atomic mass is 9.87. The highest BCUT2D eigenvalue weighted by atomic mass is 16.6. The Hall–Kier alpha value is -2.18. The summed E-state index contributed by atoms with van der Waals surface area (Å²) in [6.45, 7) is 2.12. The van der Waals surface area contributed by atoms with E-state index in [1.807, 2.05) is 0 Å². The summed E-state index contributed by atoms with van der Waals surface area (Å²) >= 11 is 0. The number of nitro groups is 1. The third-order valence-corrected chi connectivity index (χ3v) is 3.62. The minimum Gasteiger partial charge on any atom is -0.349 e. The van der Waals surface area contributed by atoms with E-state index in [1.165, 1.54) is 0 Å². The Balaban J connectivity index is 2.14. The Morgan fingerprint density at radius 2 is 2.25 bits per heavy atom. The van der Waals surface area contributed by atoms with Crippen LogP contribution in [0.2, 0.25) is 0 Å². The molecule has 0 aromatic carbocycles. The molecule has 1 heterocycles. The average Bonchev–Trinajstić information content (AvgIpc) is 2.38. The van der Waals surface area contributed by atoms with Gasteiger partial charge >= 0.3 is 0 Å². The second-order valence-corrected chi connectivity index (χ2v) is 5.30. The molecule has 2 atom stereocenters. The molecule has 1 amide bonds. The standard InChI is InChI=1S/C13H17N3O4/c1-8-3-2-4-9(5-8)15-13(18)11-6-10(16(19)20)7-14-12(11)17/h6-9H,2-5H2,1H3,(H,14,17)(H,15,18)/t8-,9+/m0/s1. The minimum absolute atomic E-state index is 0.0323. The molecule has 0 radical (unpaired) electrons. The van der Waals surface area contributed by atoms with Crippen molar-refractivity contribution in [3.05, 3.63) is 38.3 Å². The van der Waals surface area contributed by atoms with Crippen LogP contribution < -0.4 is 10.9 Å². The Labute approximate surface area is 115 Å². The lowest BCUT2D eigenvalue weighted by Crippen LogP contribution is -2.40. The van der Waals surface area contributed by atoms with Crippen LogP contribution in [0.5, 0.6) is 0 Å². The van der Waals surface area contributed by atoms with E-state index in [0.717, 1.165) is 37.9 Å². The topological polar surface area (TPSA) is 105 Å². The second kappa shape index (κ2) is 5.85. The zero-order chi connectivity index (χ0) is 14.7. The normalized spacial score (nSPS) is 22.2. The number of amides is 1. The molecule has 7 heteroatoms. The van der Waals surface area contributed by atoms with Gasteiger partial charge in [0.1, 0.15) is 5.56 Å². The first-order valence-corrected chi connectivity index (χ1v) is 6.65. The van der Waals surface area contributed by atoms with Gasteiger partial charge < -0.3 is 10.3 Å². The van der Waals surface area contributed by atoms with Gasteiger partial charge in [-0.1, -0.05) is 19.8 Å². The van der Waals surface area contributed by atoms with Crippen molar-refractivity contribution in [1.82, 2.24) is 10.3 Å². The molecule has 0 saturated heterocycles. The molecule has 1 aromatic heterocycles. The molecule has 0 bridgehead atoms. The van der Waals surface area contributed by atoms with E-state index in [0.29, 0.717) is 5.92 Å². The molecule has 1 fully saturated rings. The summed E-state index contributed by atoms with van der Waals surface area (Å²) in [5, 5.41) is 13.5. The van der Waals surface area contributed by atoms with E-state index >= 15 is 0 Å². The third-order valence-electron chi connectivity index (χ3n) is 3.62. The molecule has 1 aliphatic carbocycles. The SMILES string of the molecule is C[C@H]1CCC[C@@H](NC(=O)c2cc([N+](=O)[O-])c[nH]c2=O)C1. The summed E-state index contributed by atoms with van der Waals surface area (Å²) in [5.74, 6) is -0.00788. The summed E-state index contributed by atoms with van der Waals surface area (Å²) in [7, 11) is 0. The van der Waals surface area contributed by atoms with Crippen LogP contribution in [0.15, 0.2) is 17.1 Å². The molecule has 7 nitrogen and oxygen atoms in total. The highest BCUT2D eigenvalue weighted by Crippen LogP contribution is 2.23. The first-order chi connectivity index (χ1) is 9.47. The van der Waals surface area contributed by atoms with Crippen molar-refractivity contribution in [1.29, 1.82) is 0 Å². The van der Waals surface area contributed by atoms with E-state index in [2.05, 4.69) is 17.2 Å². The monoisotopic (exact) mass is 279 g/mol. The van der Waals surface area contributed by atoms with Crippen LogP contribution in [0, 0.1) is 16.0 Å². The van der Waals surface area contributed by atoms with Crippen molar-refractivity contribution in [2.45, 2.75) is 38.6 Å². The predicted molar refractivity (Wildman–Crippen MR) is 72.6 cm³/mol. The maximum atomic E-state index is 12.1. The average molecular weight is 279 g/mol. The van der Waals surface area contributed by atoms with E-state index in [9.17, 15) is 19.7 Å². The highest BCUT2D eigenvalue weighted by molar-refractivity contribution is 5.94. The van der Waals surface area contributed by atoms with Crippen molar-refractivity contribution < 1.29 is 9.72 Å². The van der Waals surface area contributed by atoms with Gasteiger partial charge in [0.15, 0.2) is 0 Å². The second-order valence-electron chi connectivity index (χ2n) is 5.30. The molecule has 2 rings (SSSR count). The minimum atomic E-state index is -0.643. The summed E-state index contributed by atoms with van der Waals surface area (Å²) in [4.78, 5) is 35.9. The number of hydrogen-bond donors (Lipinski definition) is 2. The molecular formula is C13H17N3O4. The maximum Gasteiger partial charge on any atom is 0.286 e. The Morgan fingerprint density at radius 1 is 1.50 bits per heavy atom. The fraction of sp³-hybridized carbons (Fsp3) is 0.538. The smallest absolute Gasteiger partial charge is 0.286 e. The summed E-state index contributed by atoms with van der Waals surface area (Å²) in [5.41, 5.74) is -1.12. The zero-order valence-corrected chi connectivity index (χ0v) is 11.2. The summed E-state index contributed by atoms with van der Waals surface area (Å²) < 4.78 is 0. The van der Waals surface area contributed by atoms with Gasteiger partial charge in [-0.15, -0.1) is 0 Å². The number of pyridine rings is 1. The quantitative estimate of drug-likeness (QED) is 0.647. The number of aromatic amines is 1. The van der Waals surface area contributed by atoms with Crippen molar-refractivity contribution in [2.75, 3.05) is 0 Å². The maximum absolute atomic E-state index is 12.1. The predicted octanol–water partition coefficient (Wildman–Crippen LogP) is 1.59. The lowest BCUT2D eigenvalue weighted by Gasteiger charge is -2.27. The molecule has 1 aliphatic rings. The van der Waals surface area contributed by atoms with Gasteiger partial charge in [0.2, 0.25) is 0 Å². The first kappa shape index (κ1) is 14.2. The number of nitrogens with one attached hydrogen (secondary N) is 2. The fourth-order valence-corrected chi connectivity index (χ4v) is 2.57. The summed E-state index contributed by atoms with van der Waals surface area (Å²) in [6.07, 6.45) is 4.92. The van der Waals surface area contributed by atoms with Crippen molar-refractivity contribution >= 4 is 11.6 Å². The Bertz CT molecular complexity index is 581.